The maximum absolute atomic E-state index is 12.6. The second kappa shape index (κ2) is 5.54. The Kier molecular flexibility index (Phi) is 4.61. The van der Waals surface area contributed by atoms with Crippen LogP contribution in [0.5, 0.6) is 0 Å². The lowest BCUT2D eigenvalue weighted by atomic mass is 10.2. The maximum atomic E-state index is 12.6. The van der Waals surface area contributed by atoms with E-state index >= 15 is 0 Å². The highest BCUT2D eigenvalue weighted by molar-refractivity contribution is 9.10. The van der Waals surface area contributed by atoms with Crippen molar-refractivity contribution in [2.24, 2.45) is 0 Å². The molecule has 1 aromatic heterocycles. The number of nitrogens with zero attached hydrogens (tertiary/aromatic N) is 1. The molecule has 1 rings (SSSR count). The molecule has 0 atom stereocenters. The summed E-state index contributed by atoms with van der Waals surface area (Å²) in [6.45, 7) is 0. The number of aromatic nitrogens is 1. The lowest BCUT2D eigenvalue weighted by molar-refractivity contribution is -0.139. The molecule has 16 heavy (non-hydrogen) atoms. The molecular formula is C9H7BrClF2NO2. The second-order valence-electron chi connectivity index (χ2n) is 2.85. The van der Waals surface area contributed by atoms with Crippen LogP contribution in [0, 0.1) is 0 Å². The molecule has 0 aliphatic carbocycles. The van der Waals surface area contributed by atoms with Gasteiger partial charge in [0.05, 0.1) is 19.2 Å². The van der Waals surface area contributed by atoms with Gasteiger partial charge in [-0.25, -0.2) is 13.8 Å². The molecular weight excluding hydrogens is 307 g/mol. The molecule has 0 unspecified atom stereocenters. The van der Waals surface area contributed by atoms with Gasteiger partial charge in [0.1, 0.15) is 5.15 Å². The fourth-order valence-electron chi connectivity index (χ4n) is 1.05. The van der Waals surface area contributed by atoms with E-state index in [0.29, 0.717) is 0 Å². The van der Waals surface area contributed by atoms with E-state index in [4.69, 9.17) is 11.6 Å². The van der Waals surface area contributed by atoms with Gasteiger partial charge < -0.3 is 4.74 Å². The van der Waals surface area contributed by atoms with Gasteiger partial charge in [-0.05, 0) is 22.0 Å². The van der Waals surface area contributed by atoms with E-state index < -0.39 is 12.4 Å². The lowest BCUT2D eigenvalue weighted by Crippen LogP contribution is -2.08. The number of alkyl halides is 2. The predicted molar refractivity (Wildman–Crippen MR) is 57.6 cm³/mol. The SMILES string of the molecule is COC(=O)Cc1nc(Cl)cc(C(F)F)c1Br. The van der Waals surface area contributed by atoms with E-state index in [1.165, 1.54) is 7.11 Å². The Hall–Kier alpha value is -0.750. The number of hydrogen-bond acceptors (Lipinski definition) is 3. The molecule has 0 radical (unpaired) electrons. The number of rotatable bonds is 3. The fourth-order valence-corrected chi connectivity index (χ4v) is 1.79. The van der Waals surface area contributed by atoms with Crippen molar-refractivity contribution in [2.75, 3.05) is 7.11 Å². The summed E-state index contributed by atoms with van der Waals surface area (Å²) in [5.74, 6) is -0.573. The molecule has 1 heterocycles. The van der Waals surface area contributed by atoms with Crippen molar-refractivity contribution in [3.05, 3.63) is 26.9 Å². The Bertz CT molecular complexity index is 415. The highest BCUT2D eigenvalue weighted by Crippen LogP contribution is 2.31. The van der Waals surface area contributed by atoms with Crippen molar-refractivity contribution in [1.82, 2.24) is 4.98 Å². The van der Waals surface area contributed by atoms with Crippen LogP contribution in [0.2, 0.25) is 5.15 Å². The molecule has 0 bridgehead atoms. The van der Waals surface area contributed by atoms with Gasteiger partial charge in [0, 0.05) is 10.0 Å². The van der Waals surface area contributed by atoms with Crippen LogP contribution in [-0.4, -0.2) is 18.1 Å². The lowest BCUT2D eigenvalue weighted by Gasteiger charge is -2.08. The van der Waals surface area contributed by atoms with Crippen LogP contribution in [0.1, 0.15) is 17.7 Å². The van der Waals surface area contributed by atoms with Gasteiger partial charge in [-0.2, -0.15) is 0 Å². The first-order valence-electron chi connectivity index (χ1n) is 4.15. The number of hydrogen-bond donors (Lipinski definition) is 0. The fraction of sp³-hybridized carbons (Fsp3) is 0.333. The van der Waals surface area contributed by atoms with Crippen molar-refractivity contribution in [1.29, 1.82) is 0 Å². The van der Waals surface area contributed by atoms with Crippen LogP contribution >= 0.6 is 27.5 Å². The van der Waals surface area contributed by atoms with Crippen LogP contribution in [0.4, 0.5) is 8.78 Å². The summed E-state index contributed by atoms with van der Waals surface area (Å²) in [5.41, 5.74) is -0.159. The number of esters is 1. The normalized spacial score (nSPS) is 10.6. The number of halogens is 4. The zero-order chi connectivity index (χ0) is 12.3. The quantitative estimate of drug-likeness (QED) is 0.635. The third-order valence-corrected chi connectivity index (χ3v) is 2.91. The van der Waals surface area contributed by atoms with Crippen molar-refractivity contribution in [3.63, 3.8) is 0 Å². The van der Waals surface area contributed by atoms with Crippen molar-refractivity contribution < 1.29 is 18.3 Å². The minimum Gasteiger partial charge on any atom is -0.469 e. The van der Waals surface area contributed by atoms with E-state index in [0.717, 1.165) is 6.07 Å². The summed E-state index contributed by atoms with van der Waals surface area (Å²) in [4.78, 5) is 14.8. The number of carbonyl (C=O) groups is 1. The summed E-state index contributed by atoms with van der Waals surface area (Å²) in [6.07, 6.45) is -2.90. The first-order valence-corrected chi connectivity index (χ1v) is 5.32. The standard InChI is InChI=1S/C9H7BrClF2NO2/c1-16-7(15)3-5-8(10)4(9(12)13)2-6(11)14-5/h2,9H,3H2,1H3. The number of carbonyl (C=O) groups excluding carboxylic acids is 1. The Labute approximate surface area is 104 Å². The Morgan fingerprint density at radius 2 is 2.31 bits per heavy atom. The Balaban J connectivity index is 3.14. The third-order valence-electron chi connectivity index (χ3n) is 1.80. The van der Waals surface area contributed by atoms with Gasteiger partial charge in [-0.3, -0.25) is 4.79 Å². The molecule has 0 fully saturated rings. The topological polar surface area (TPSA) is 39.2 Å². The van der Waals surface area contributed by atoms with Crippen LogP contribution in [-0.2, 0) is 16.0 Å². The molecule has 0 saturated carbocycles. The largest absolute Gasteiger partial charge is 0.469 e. The molecule has 7 heteroatoms. The predicted octanol–water partition coefficient (Wildman–Crippen LogP) is 3.15. The van der Waals surface area contributed by atoms with E-state index in [9.17, 15) is 13.6 Å². The van der Waals surface area contributed by atoms with Gasteiger partial charge in [0.2, 0.25) is 0 Å². The minimum absolute atomic E-state index is 0.0808. The average molecular weight is 315 g/mol. The highest BCUT2D eigenvalue weighted by atomic mass is 79.9. The first kappa shape index (κ1) is 13.3. The zero-order valence-electron chi connectivity index (χ0n) is 8.14. The smallest absolute Gasteiger partial charge is 0.311 e. The summed E-state index contributed by atoms with van der Waals surface area (Å²) in [7, 11) is 1.20. The maximum Gasteiger partial charge on any atom is 0.311 e. The van der Waals surface area contributed by atoms with Crippen LogP contribution in [0.25, 0.3) is 0 Å². The molecule has 0 spiro atoms. The van der Waals surface area contributed by atoms with E-state index in [1.807, 2.05) is 0 Å². The summed E-state index contributed by atoms with van der Waals surface area (Å²) >= 11 is 8.54. The summed E-state index contributed by atoms with van der Waals surface area (Å²) < 4.78 is 29.6. The van der Waals surface area contributed by atoms with E-state index in [2.05, 4.69) is 25.7 Å². The van der Waals surface area contributed by atoms with Gasteiger partial charge in [0.15, 0.2) is 0 Å². The summed E-state index contributed by atoms with van der Waals surface area (Å²) in [5, 5.41) is -0.0857. The molecule has 0 amide bonds. The van der Waals surface area contributed by atoms with E-state index in [1.54, 1.807) is 0 Å². The Morgan fingerprint density at radius 1 is 1.69 bits per heavy atom. The summed E-state index contributed by atoms with van der Waals surface area (Å²) in [6, 6.07) is 1.05. The van der Waals surface area contributed by atoms with Crippen molar-refractivity contribution in [3.8, 4) is 0 Å². The zero-order valence-corrected chi connectivity index (χ0v) is 10.5. The van der Waals surface area contributed by atoms with Crippen LogP contribution in [0.15, 0.2) is 10.5 Å². The number of methoxy groups -OCH3 is 1. The molecule has 0 saturated heterocycles. The second-order valence-corrected chi connectivity index (χ2v) is 4.03. The van der Waals surface area contributed by atoms with Crippen molar-refractivity contribution in [2.45, 2.75) is 12.8 Å². The van der Waals surface area contributed by atoms with Gasteiger partial charge >= 0.3 is 5.97 Å². The minimum atomic E-state index is -2.69. The molecule has 88 valence electrons. The van der Waals surface area contributed by atoms with Crippen LogP contribution < -0.4 is 0 Å². The molecule has 0 aromatic carbocycles. The molecule has 0 aliphatic heterocycles. The van der Waals surface area contributed by atoms with Crippen LogP contribution in [0.3, 0.4) is 0 Å². The molecule has 0 N–H and O–H groups in total. The first-order chi connectivity index (χ1) is 7.45. The van der Waals surface area contributed by atoms with Gasteiger partial charge in [-0.15, -0.1) is 0 Å². The van der Waals surface area contributed by atoms with E-state index in [-0.39, 0.29) is 27.3 Å². The van der Waals surface area contributed by atoms with Gasteiger partial charge in [0.25, 0.3) is 6.43 Å². The number of pyridine rings is 1. The molecule has 3 nitrogen and oxygen atoms in total. The third kappa shape index (κ3) is 3.12. The molecule has 0 aliphatic rings. The average Bonchev–Trinajstić information content (AvgIpc) is 2.22. The Morgan fingerprint density at radius 3 is 2.81 bits per heavy atom. The van der Waals surface area contributed by atoms with Crippen molar-refractivity contribution >= 4 is 33.5 Å². The molecule has 1 aromatic rings. The highest BCUT2D eigenvalue weighted by Gasteiger charge is 2.18. The van der Waals surface area contributed by atoms with Gasteiger partial charge in [-0.1, -0.05) is 11.6 Å². The monoisotopic (exact) mass is 313 g/mol. The number of ether oxygens (including phenoxy) is 1.